The van der Waals surface area contributed by atoms with Crippen LogP contribution in [0.2, 0.25) is 0 Å². The Morgan fingerprint density at radius 2 is 1.76 bits per heavy atom. The van der Waals surface area contributed by atoms with E-state index in [1.807, 2.05) is 25.1 Å². The molecule has 0 atom stereocenters. The molecule has 6 heteroatoms. The molecule has 0 saturated carbocycles. The monoisotopic (exact) mass is 357 g/mol. The molecule has 1 saturated heterocycles. The fraction of sp³-hybridized carbons (Fsp3) is 0.263. The summed E-state index contributed by atoms with van der Waals surface area (Å²) in [6.45, 7) is 4.64. The summed E-state index contributed by atoms with van der Waals surface area (Å²) in [5.41, 5.74) is 4.20. The SMILES string of the molecule is Cc1ccc(NC(=S)Nc2ccc(F)c(N3CCCC3=O)c2)cc1C. The number of hydrogen-bond acceptors (Lipinski definition) is 2. The molecule has 2 aromatic carbocycles. The zero-order valence-corrected chi connectivity index (χ0v) is 15.0. The van der Waals surface area contributed by atoms with E-state index in [9.17, 15) is 9.18 Å². The first-order valence-electron chi connectivity index (χ1n) is 8.19. The van der Waals surface area contributed by atoms with Crippen LogP contribution in [0.1, 0.15) is 24.0 Å². The Morgan fingerprint density at radius 1 is 1.08 bits per heavy atom. The van der Waals surface area contributed by atoms with Gasteiger partial charge in [-0.25, -0.2) is 4.39 Å². The summed E-state index contributed by atoms with van der Waals surface area (Å²) in [6, 6.07) is 10.6. The molecule has 1 aliphatic rings. The number of benzene rings is 2. The third-order valence-electron chi connectivity index (χ3n) is 4.33. The van der Waals surface area contributed by atoms with Crippen LogP contribution >= 0.6 is 12.2 Å². The number of nitrogens with zero attached hydrogens (tertiary/aromatic N) is 1. The molecule has 130 valence electrons. The lowest BCUT2D eigenvalue weighted by atomic mass is 10.1. The van der Waals surface area contributed by atoms with Crippen LogP contribution in [0.25, 0.3) is 0 Å². The Hall–Kier alpha value is -2.47. The Bertz CT molecular complexity index is 837. The van der Waals surface area contributed by atoms with Gasteiger partial charge in [0.1, 0.15) is 5.82 Å². The van der Waals surface area contributed by atoms with Gasteiger partial charge >= 0.3 is 0 Å². The van der Waals surface area contributed by atoms with Gasteiger partial charge in [0.25, 0.3) is 0 Å². The van der Waals surface area contributed by atoms with Crippen LogP contribution in [0.3, 0.4) is 0 Å². The van der Waals surface area contributed by atoms with Crippen molar-refractivity contribution >= 4 is 40.3 Å². The number of carbonyl (C=O) groups is 1. The number of amides is 1. The van der Waals surface area contributed by atoms with Crippen LogP contribution < -0.4 is 15.5 Å². The van der Waals surface area contributed by atoms with Gasteiger partial charge in [-0.15, -0.1) is 0 Å². The first-order valence-corrected chi connectivity index (χ1v) is 8.60. The largest absolute Gasteiger partial charge is 0.332 e. The van der Waals surface area contributed by atoms with Crippen molar-refractivity contribution in [3.63, 3.8) is 0 Å². The number of nitrogens with one attached hydrogen (secondary N) is 2. The first kappa shape index (κ1) is 17.4. The summed E-state index contributed by atoms with van der Waals surface area (Å²) in [4.78, 5) is 13.3. The molecular weight excluding hydrogens is 337 g/mol. The van der Waals surface area contributed by atoms with E-state index in [2.05, 4.69) is 17.6 Å². The highest BCUT2D eigenvalue weighted by Gasteiger charge is 2.24. The van der Waals surface area contributed by atoms with Crippen molar-refractivity contribution in [1.82, 2.24) is 0 Å². The maximum atomic E-state index is 14.1. The number of halogens is 1. The smallest absolute Gasteiger partial charge is 0.227 e. The van der Waals surface area contributed by atoms with Gasteiger partial charge in [-0.2, -0.15) is 0 Å². The van der Waals surface area contributed by atoms with Crippen molar-refractivity contribution in [2.45, 2.75) is 26.7 Å². The number of rotatable bonds is 3. The van der Waals surface area contributed by atoms with E-state index in [-0.39, 0.29) is 5.91 Å². The Kier molecular flexibility index (Phi) is 4.99. The molecule has 25 heavy (non-hydrogen) atoms. The van der Waals surface area contributed by atoms with Gasteiger partial charge in [-0.05, 0) is 73.9 Å². The molecule has 0 aromatic heterocycles. The Morgan fingerprint density at radius 3 is 2.40 bits per heavy atom. The molecule has 0 radical (unpaired) electrons. The van der Waals surface area contributed by atoms with Crippen LogP contribution in [0, 0.1) is 19.7 Å². The zero-order chi connectivity index (χ0) is 18.0. The average Bonchev–Trinajstić information content (AvgIpc) is 2.99. The molecule has 1 heterocycles. The standard InChI is InChI=1S/C19H20FN3OS/c1-12-5-6-14(10-13(12)2)21-19(25)22-15-7-8-16(20)17(11-15)23-9-3-4-18(23)24/h5-8,10-11H,3-4,9H2,1-2H3,(H2,21,22,25). The fourth-order valence-corrected chi connectivity index (χ4v) is 3.05. The van der Waals surface area contributed by atoms with Gasteiger partial charge < -0.3 is 15.5 Å². The third kappa shape index (κ3) is 3.96. The average molecular weight is 357 g/mol. The molecule has 0 spiro atoms. The van der Waals surface area contributed by atoms with E-state index in [1.54, 1.807) is 12.1 Å². The maximum Gasteiger partial charge on any atom is 0.227 e. The van der Waals surface area contributed by atoms with Crippen molar-refractivity contribution in [1.29, 1.82) is 0 Å². The van der Waals surface area contributed by atoms with Crippen molar-refractivity contribution in [2.24, 2.45) is 0 Å². The van der Waals surface area contributed by atoms with Crippen molar-refractivity contribution < 1.29 is 9.18 Å². The van der Waals surface area contributed by atoms with Gasteiger partial charge in [-0.1, -0.05) is 6.07 Å². The molecule has 1 fully saturated rings. The van der Waals surface area contributed by atoms with Gasteiger partial charge in [0.15, 0.2) is 5.11 Å². The van der Waals surface area contributed by atoms with Crippen LogP contribution in [-0.4, -0.2) is 17.6 Å². The lowest BCUT2D eigenvalue weighted by Crippen LogP contribution is -2.25. The Balaban J connectivity index is 1.72. The summed E-state index contributed by atoms with van der Waals surface area (Å²) in [5, 5.41) is 6.57. The van der Waals surface area contributed by atoms with Crippen molar-refractivity contribution in [3.8, 4) is 0 Å². The second-order valence-corrected chi connectivity index (χ2v) is 6.60. The minimum absolute atomic E-state index is 0.0492. The predicted molar refractivity (Wildman–Crippen MR) is 104 cm³/mol. The van der Waals surface area contributed by atoms with Crippen LogP contribution in [0.15, 0.2) is 36.4 Å². The summed E-state index contributed by atoms with van der Waals surface area (Å²) in [5.74, 6) is -0.458. The Labute approximate surface area is 152 Å². The lowest BCUT2D eigenvalue weighted by molar-refractivity contribution is -0.117. The van der Waals surface area contributed by atoms with E-state index >= 15 is 0 Å². The summed E-state index contributed by atoms with van der Waals surface area (Å²) in [7, 11) is 0. The molecule has 4 nitrogen and oxygen atoms in total. The summed E-state index contributed by atoms with van der Waals surface area (Å²) in [6.07, 6.45) is 1.21. The predicted octanol–water partition coefficient (Wildman–Crippen LogP) is 4.38. The molecule has 0 bridgehead atoms. The second kappa shape index (κ2) is 7.19. The van der Waals surface area contributed by atoms with Crippen LogP contribution in [-0.2, 0) is 4.79 Å². The normalized spacial score (nSPS) is 13.9. The second-order valence-electron chi connectivity index (χ2n) is 6.19. The van der Waals surface area contributed by atoms with Gasteiger partial charge in [0.2, 0.25) is 5.91 Å². The highest BCUT2D eigenvalue weighted by molar-refractivity contribution is 7.80. The summed E-state index contributed by atoms with van der Waals surface area (Å²) < 4.78 is 14.1. The van der Waals surface area contributed by atoms with E-state index in [1.165, 1.54) is 22.1 Å². The first-order chi connectivity index (χ1) is 11.9. The van der Waals surface area contributed by atoms with E-state index < -0.39 is 5.82 Å². The van der Waals surface area contributed by atoms with Crippen molar-refractivity contribution in [3.05, 3.63) is 53.3 Å². The molecule has 0 unspecified atom stereocenters. The lowest BCUT2D eigenvalue weighted by Gasteiger charge is -2.18. The molecular formula is C19H20FN3OS. The van der Waals surface area contributed by atoms with Crippen molar-refractivity contribution in [2.75, 3.05) is 22.1 Å². The topological polar surface area (TPSA) is 44.4 Å². The van der Waals surface area contributed by atoms with Gasteiger partial charge in [-0.3, -0.25) is 4.79 Å². The molecule has 0 aliphatic carbocycles. The minimum atomic E-state index is -0.408. The number of carbonyl (C=O) groups excluding carboxylic acids is 1. The number of thiocarbonyl (C=S) groups is 1. The molecule has 2 aromatic rings. The molecule has 3 rings (SSSR count). The maximum absolute atomic E-state index is 14.1. The number of aryl methyl sites for hydroxylation is 2. The van der Waals surface area contributed by atoms with Gasteiger partial charge in [0, 0.05) is 24.3 Å². The van der Waals surface area contributed by atoms with Crippen LogP contribution in [0.4, 0.5) is 21.5 Å². The number of anilines is 3. The molecule has 2 N–H and O–H groups in total. The summed E-state index contributed by atoms with van der Waals surface area (Å²) >= 11 is 5.33. The van der Waals surface area contributed by atoms with Crippen LogP contribution in [0.5, 0.6) is 0 Å². The van der Waals surface area contributed by atoms with E-state index in [0.29, 0.717) is 29.5 Å². The van der Waals surface area contributed by atoms with E-state index in [4.69, 9.17) is 12.2 Å². The molecule has 1 aliphatic heterocycles. The highest BCUT2D eigenvalue weighted by atomic mass is 32.1. The number of hydrogen-bond donors (Lipinski definition) is 2. The molecule has 1 amide bonds. The quantitative estimate of drug-likeness (QED) is 0.800. The highest BCUT2D eigenvalue weighted by Crippen LogP contribution is 2.27. The fourth-order valence-electron chi connectivity index (χ4n) is 2.81. The van der Waals surface area contributed by atoms with Gasteiger partial charge in [0.05, 0.1) is 5.69 Å². The third-order valence-corrected chi connectivity index (χ3v) is 4.54. The van der Waals surface area contributed by atoms with E-state index in [0.717, 1.165) is 12.1 Å². The minimum Gasteiger partial charge on any atom is -0.332 e. The zero-order valence-electron chi connectivity index (χ0n) is 14.2.